The summed E-state index contributed by atoms with van der Waals surface area (Å²) in [5, 5.41) is 10.5. The number of phenols is 1. The fourth-order valence-corrected chi connectivity index (χ4v) is 2.61. The minimum atomic E-state index is -0.265. The maximum absolute atomic E-state index is 10.5. The van der Waals surface area contributed by atoms with Crippen molar-refractivity contribution < 1.29 is 5.11 Å². The third-order valence-electron chi connectivity index (χ3n) is 4.22. The second kappa shape index (κ2) is 5.22. The highest BCUT2D eigenvalue weighted by atomic mass is 16.3. The summed E-state index contributed by atoms with van der Waals surface area (Å²) in [4.78, 5) is 0. The zero-order chi connectivity index (χ0) is 15.8. The fourth-order valence-electron chi connectivity index (χ4n) is 2.61. The van der Waals surface area contributed by atoms with E-state index < -0.39 is 0 Å². The summed E-state index contributed by atoms with van der Waals surface area (Å²) in [5.41, 5.74) is 3.78. The first-order valence-corrected chi connectivity index (χ1v) is 7.39. The Morgan fingerprint density at radius 2 is 1.43 bits per heavy atom. The molecular formula is C20H25O. The smallest absolute Gasteiger partial charge is 0.122 e. The molecule has 1 N–H and O–H groups in total. The van der Waals surface area contributed by atoms with Crippen LogP contribution in [-0.4, -0.2) is 5.11 Å². The first kappa shape index (κ1) is 15.6. The van der Waals surface area contributed by atoms with Crippen molar-refractivity contribution in [1.29, 1.82) is 0 Å². The van der Waals surface area contributed by atoms with E-state index in [0.717, 1.165) is 5.56 Å². The van der Waals surface area contributed by atoms with E-state index in [1.54, 1.807) is 0 Å². The molecule has 0 spiro atoms. The summed E-state index contributed by atoms with van der Waals surface area (Å²) in [7, 11) is 0. The standard InChI is InChI=1S/C20H25O/c1-14-12-16(19(2,3)4)13-17(18(14)21)20(5,6)15-10-8-7-9-11-15/h7-13,21H,1H2,2-6H3. The average molecular weight is 281 g/mol. The zero-order valence-electron chi connectivity index (χ0n) is 13.7. The molecule has 0 aliphatic heterocycles. The van der Waals surface area contributed by atoms with Crippen molar-refractivity contribution >= 4 is 0 Å². The zero-order valence-corrected chi connectivity index (χ0v) is 13.7. The fraction of sp³-hybridized carbons (Fsp3) is 0.350. The maximum Gasteiger partial charge on any atom is 0.122 e. The molecular weight excluding hydrogens is 256 g/mol. The van der Waals surface area contributed by atoms with E-state index in [9.17, 15) is 5.11 Å². The summed E-state index contributed by atoms with van der Waals surface area (Å²) in [5.74, 6) is 0.303. The normalized spacial score (nSPS) is 12.5. The van der Waals surface area contributed by atoms with Gasteiger partial charge in [0.25, 0.3) is 0 Å². The van der Waals surface area contributed by atoms with Gasteiger partial charge in [0.2, 0.25) is 0 Å². The molecule has 0 aliphatic carbocycles. The summed E-state index contributed by atoms with van der Waals surface area (Å²) in [6, 6.07) is 14.4. The topological polar surface area (TPSA) is 20.2 Å². The highest BCUT2D eigenvalue weighted by Gasteiger charge is 2.28. The molecule has 2 aromatic rings. The lowest BCUT2D eigenvalue weighted by Crippen LogP contribution is -2.21. The Balaban J connectivity index is 2.65. The predicted octanol–water partition coefficient (Wildman–Crippen LogP) is 5.20. The van der Waals surface area contributed by atoms with Crippen LogP contribution in [0.4, 0.5) is 0 Å². The lowest BCUT2D eigenvalue weighted by atomic mass is 9.74. The Morgan fingerprint density at radius 3 is 1.95 bits per heavy atom. The van der Waals surface area contributed by atoms with E-state index >= 15 is 0 Å². The SMILES string of the molecule is [CH2]c1cc(C(C)(C)C)cc(C(C)(C)c2ccccc2)c1O. The number of hydrogen-bond donors (Lipinski definition) is 1. The Bertz CT molecular complexity index is 631. The molecule has 1 radical (unpaired) electrons. The third kappa shape index (κ3) is 2.97. The van der Waals surface area contributed by atoms with Gasteiger partial charge in [-0.05, 0) is 29.0 Å². The lowest BCUT2D eigenvalue weighted by molar-refractivity contribution is 0.449. The van der Waals surface area contributed by atoms with Crippen LogP contribution in [0.1, 0.15) is 56.9 Å². The van der Waals surface area contributed by atoms with Crippen LogP contribution in [0.15, 0.2) is 42.5 Å². The van der Waals surface area contributed by atoms with Gasteiger partial charge in [0.1, 0.15) is 5.75 Å². The molecule has 0 fully saturated rings. The molecule has 2 aromatic carbocycles. The third-order valence-corrected chi connectivity index (χ3v) is 4.22. The number of rotatable bonds is 2. The van der Waals surface area contributed by atoms with Gasteiger partial charge in [-0.2, -0.15) is 0 Å². The van der Waals surface area contributed by atoms with Crippen molar-refractivity contribution in [3.63, 3.8) is 0 Å². The van der Waals surface area contributed by atoms with Crippen molar-refractivity contribution in [2.45, 2.75) is 45.4 Å². The average Bonchev–Trinajstić information content (AvgIpc) is 2.41. The number of benzene rings is 2. The van der Waals surface area contributed by atoms with Crippen LogP contribution < -0.4 is 0 Å². The van der Waals surface area contributed by atoms with Gasteiger partial charge in [-0.3, -0.25) is 0 Å². The van der Waals surface area contributed by atoms with E-state index in [1.807, 2.05) is 24.3 Å². The van der Waals surface area contributed by atoms with E-state index in [4.69, 9.17) is 0 Å². The van der Waals surface area contributed by atoms with Crippen LogP contribution in [0.25, 0.3) is 0 Å². The minimum absolute atomic E-state index is 0.0294. The molecule has 0 bridgehead atoms. The van der Waals surface area contributed by atoms with E-state index in [0.29, 0.717) is 11.3 Å². The summed E-state index contributed by atoms with van der Waals surface area (Å²) in [6.07, 6.45) is 0. The molecule has 0 aromatic heterocycles. The highest BCUT2D eigenvalue weighted by Crippen LogP contribution is 2.40. The van der Waals surface area contributed by atoms with E-state index in [2.05, 4.69) is 59.7 Å². The van der Waals surface area contributed by atoms with Crippen LogP contribution in [-0.2, 0) is 10.8 Å². The van der Waals surface area contributed by atoms with Crippen molar-refractivity contribution in [3.05, 3.63) is 71.6 Å². The minimum Gasteiger partial charge on any atom is -0.507 e. The predicted molar refractivity (Wildman–Crippen MR) is 89.8 cm³/mol. The van der Waals surface area contributed by atoms with Crippen LogP contribution in [0, 0.1) is 6.92 Å². The van der Waals surface area contributed by atoms with E-state index in [-0.39, 0.29) is 10.8 Å². The summed E-state index contributed by atoms with van der Waals surface area (Å²) in [6.45, 7) is 14.8. The molecule has 0 saturated carbocycles. The molecule has 1 nitrogen and oxygen atoms in total. The lowest BCUT2D eigenvalue weighted by Gasteiger charge is -2.30. The molecule has 0 amide bonds. The Kier molecular flexibility index (Phi) is 3.88. The van der Waals surface area contributed by atoms with Crippen LogP contribution in [0.2, 0.25) is 0 Å². The molecule has 1 heteroatoms. The molecule has 0 saturated heterocycles. The molecule has 0 atom stereocenters. The molecule has 0 unspecified atom stereocenters. The van der Waals surface area contributed by atoms with Gasteiger partial charge < -0.3 is 5.11 Å². The van der Waals surface area contributed by atoms with Gasteiger partial charge in [-0.25, -0.2) is 0 Å². The van der Waals surface area contributed by atoms with Gasteiger partial charge >= 0.3 is 0 Å². The highest BCUT2D eigenvalue weighted by molar-refractivity contribution is 5.53. The molecule has 0 heterocycles. The van der Waals surface area contributed by atoms with Gasteiger partial charge in [-0.15, -0.1) is 0 Å². The van der Waals surface area contributed by atoms with E-state index in [1.165, 1.54) is 11.1 Å². The van der Waals surface area contributed by atoms with Crippen molar-refractivity contribution in [2.75, 3.05) is 0 Å². The van der Waals surface area contributed by atoms with Gasteiger partial charge in [-0.1, -0.05) is 77.1 Å². The quantitative estimate of drug-likeness (QED) is 0.802. The maximum atomic E-state index is 10.5. The second-order valence-electron chi connectivity index (χ2n) is 7.27. The monoisotopic (exact) mass is 281 g/mol. The Morgan fingerprint density at radius 1 is 0.857 bits per heavy atom. The Labute approximate surface area is 128 Å². The number of hydrogen-bond acceptors (Lipinski definition) is 1. The van der Waals surface area contributed by atoms with Crippen LogP contribution >= 0.6 is 0 Å². The molecule has 111 valence electrons. The molecule has 21 heavy (non-hydrogen) atoms. The second-order valence-corrected chi connectivity index (χ2v) is 7.27. The van der Waals surface area contributed by atoms with Crippen molar-refractivity contribution in [3.8, 4) is 5.75 Å². The largest absolute Gasteiger partial charge is 0.507 e. The summed E-state index contributed by atoms with van der Waals surface area (Å²) >= 11 is 0. The molecule has 0 aliphatic rings. The van der Waals surface area contributed by atoms with Gasteiger partial charge in [0.05, 0.1) is 0 Å². The van der Waals surface area contributed by atoms with Gasteiger partial charge in [0.15, 0.2) is 0 Å². The summed E-state index contributed by atoms with van der Waals surface area (Å²) < 4.78 is 0. The first-order valence-electron chi connectivity index (χ1n) is 7.39. The van der Waals surface area contributed by atoms with Crippen LogP contribution in [0.3, 0.4) is 0 Å². The van der Waals surface area contributed by atoms with Crippen molar-refractivity contribution in [2.24, 2.45) is 0 Å². The Hall–Kier alpha value is -1.76. The van der Waals surface area contributed by atoms with Crippen molar-refractivity contribution in [1.82, 2.24) is 0 Å². The molecule has 2 rings (SSSR count). The number of phenolic OH excluding ortho intramolecular Hbond substituents is 1. The van der Waals surface area contributed by atoms with Gasteiger partial charge in [0, 0.05) is 11.0 Å². The first-order chi connectivity index (χ1) is 9.64. The number of aromatic hydroxyl groups is 1. The van der Waals surface area contributed by atoms with Crippen LogP contribution in [0.5, 0.6) is 5.75 Å².